The van der Waals surface area contributed by atoms with E-state index in [4.69, 9.17) is 0 Å². The summed E-state index contributed by atoms with van der Waals surface area (Å²) >= 11 is 8.53. The summed E-state index contributed by atoms with van der Waals surface area (Å²) in [5.41, 5.74) is 2.00. The zero-order chi connectivity index (χ0) is 18.0. The molecule has 0 fully saturated rings. The van der Waals surface area contributed by atoms with Crippen molar-refractivity contribution in [1.82, 2.24) is 9.97 Å². The van der Waals surface area contributed by atoms with Crippen molar-refractivity contribution in [2.45, 2.75) is 32.8 Å². The summed E-state index contributed by atoms with van der Waals surface area (Å²) in [5, 5.41) is 0. The van der Waals surface area contributed by atoms with Gasteiger partial charge in [0.05, 0.1) is 5.75 Å². The summed E-state index contributed by atoms with van der Waals surface area (Å²) in [6, 6.07) is 3.87. The highest BCUT2D eigenvalue weighted by molar-refractivity contribution is 9.10. The molecule has 2 rings (SSSR count). The first-order valence-corrected chi connectivity index (χ1v) is 11.9. The SMILES string of the molecule is C.CCS(=O)(=O)Cc1cncc(Br)c1.CCSCc1cncc(Br)c1. The lowest BCUT2D eigenvalue weighted by Gasteiger charge is -2.00. The zero-order valence-corrected chi connectivity index (χ0v) is 18.4. The first-order valence-electron chi connectivity index (χ1n) is 7.33. The first-order chi connectivity index (χ1) is 11.4. The minimum Gasteiger partial charge on any atom is -0.263 e. The van der Waals surface area contributed by atoms with Crippen LogP contribution in [0.5, 0.6) is 0 Å². The van der Waals surface area contributed by atoms with Crippen LogP contribution in [0.3, 0.4) is 0 Å². The second-order valence-corrected chi connectivity index (χ2v) is 10.3. The number of rotatable bonds is 6. The van der Waals surface area contributed by atoms with Crippen molar-refractivity contribution < 1.29 is 8.42 Å². The van der Waals surface area contributed by atoms with Gasteiger partial charge in [0, 0.05) is 45.2 Å². The minimum absolute atomic E-state index is 0. The van der Waals surface area contributed by atoms with Gasteiger partial charge in [-0.15, -0.1) is 0 Å². The molecule has 0 aliphatic heterocycles. The summed E-state index contributed by atoms with van der Waals surface area (Å²) in [6.07, 6.45) is 6.91. The van der Waals surface area contributed by atoms with Gasteiger partial charge in [-0.05, 0) is 60.9 Å². The molecule has 25 heavy (non-hydrogen) atoms. The third-order valence-electron chi connectivity index (χ3n) is 2.82. The van der Waals surface area contributed by atoms with Gasteiger partial charge in [-0.2, -0.15) is 11.8 Å². The van der Waals surface area contributed by atoms with Crippen LogP contribution in [0.1, 0.15) is 32.4 Å². The van der Waals surface area contributed by atoms with Gasteiger partial charge in [0.15, 0.2) is 9.84 Å². The maximum Gasteiger partial charge on any atom is 0.154 e. The van der Waals surface area contributed by atoms with Crippen molar-refractivity contribution in [2.24, 2.45) is 0 Å². The average molecular weight is 512 g/mol. The van der Waals surface area contributed by atoms with E-state index in [0.717, 1.165) is 26.0 Å². The third-order valence-corrected chi connectivity index (χ3v) is 6.29. The Morgan fingerprint density at radius 1 is 0.960 bits per heavy atom. The van der Waals surface area contributed by atoms with Gasteiger partial charge in [-0.25, -0.2) is 8.42 Å². The molecule has 2 aromatic rings. The Morgan fingerprint density at radius 2 is 1.48 bits per heavy atom. The third kappa shape index (κ3) is 11.0. The smallest absolute Gasteiger partial charge is 0.154 e. The van der Waals surface area contributed by atoms with Crippen molar-refractivity contribution in [3.8, 4) is 0 Å². The van der Waals surface area contributed by atoms with Crippen molar-refractivity contribution >= 4 is 53.5 Å². The van der Waals surface area contributed by atoms with Gasteiger partial charge in [-0.3, -0.25) is 9.97 Å². The Kier molecular flexibility index (Phi) is 12.6. The highest BCUT2D eigenvalue weighted by Gasteiger charge is 2.08. The normalized spacial score (nSPS) is 10.4. The Balaban J connectivity index is 0.000000449. The fourth-order valence-electron chi connectivity index (χ4n) is 1.65. The number of sulfone groups is 1. The van der Waals surface area contributed by atoms with Gasteiger partial charge < -0.3 is 0 Å². The predicted molar refractivity (Wildman–Crippen MR) is 116 cm³/mol. The fraction of sp³-hybridized carbons (Fsp3) is 0.412. The average Bonchev–Trinajstić information content (AvgIpc) is 2.53. The van der Waals surface area contributed by atoms with Crippen molar-refractivity contribution in [2.75, 3.05) is 11.5 Å². The number of pyridine rings is 2. The molecule has 0 saturated heterocycles. The minimum atomic E-state index is -2.95. The van der Waals surface area contributed by atoms with Gasteiger partial charge >= 0.3 is 0 Å². The van der Waals surface area contributed by atoms with E-state index in [0.29, 0.717) is 0 Å². The summed E-state index contributed by atoms with van der Waals surface area (Å²) < 4.78 is 24.3. The molecule has 0 spiro atoms. The largest absolute Gasteiger partial charge is 0.263 e. The monoisotopic (exact) mass is 510 g/mol. The Labute approximate surface area is 172 Å². The van der Waals surface area contributed by atoms with Crippen LogP contribution in [0, 0.1) is 0 Å². The molecule has 140 valence electrons. The van der Waals surface area contributed by atoms with E-state index in [9.17, 15) is 8.42 Å². The number of halogens is 2. The van der Waals surface area contributed by atoms with E-state index in [1.54, 1.807) is 31.6 Å². The van der Waals surface area contributed by atoms with Crippen molar-refractivity contribution in [1.29, 1.82) is 0 Å². The Morgan fingerprint density at radius 3 is 1.96 bits per heavy atom. The van der Waals surface area contributed by atoms with Crippen molar-refractivity contribution in [3.05, 3.63) is 57.0 Å². The molecule has 8 heteroatoms. The summed E-state index contributed by atoms with van der Waals surface area (Å²) in [4.78, 5) is 7.97. The molecule has 0 radical (unpaired) electrons. The summed E-state index contributed by atoms with van der Waals surface area (Å²) in [6.45, 7) is 3.80. The summed E-state index contributed by atoms with van der Waals surface area (Å²) in [5.74, 6) is 2.45. The van der Waals surface area contributed by atoms with E-state index in [1.165, 1.54) is 5.56 Å². The van der Waals surface area contributed by atoms with Gasteiger partial charge in [-0.1, -0.05) is 21.3 Å². The number of hydrogen-bond donors (Lipinski definition) is 0. The van der Waals surface area contributed by atoms with Crippen LogP contribution in [0.15, 0.2) is 45.9 Å². The molecular formula is C17H24Br2N2O2S2. The molecule has 2 heterocycles. The van der Waals surface area contributed by atoms with E-state index in [2.05, 4.69) is 54.8 Å². The van der Waals surface area contributed by atoms with Gasteiger partial charge in [0.1, 0.15) is 0 Å². The second kappa shape index (κ2) is 12.8. The number of thioether (sulfide) groups is 1. The van der Waals surface area contributed by atoms with Gasteiger partial charge in [0.25, 0.3) is 0 Å². The van der Waals surface area contributed by atoms with Crippen LogP contribution >= 0.6 is 43.6 Å². The molecule has 0 aliphatic carbocycles. The van der Waals surface area contributed by atoms with E-state index in [1.807, 2.05) is 18.0 Å². The highest BCUT2D eigenvalue weighted by atomic mass is 79.9. The first kappa shape index (κ1) is 24.6. The zero-order valence-electron chi connectivity index (χ0n) is 13.6. The topological polar surface area (TPSA) is 59.9 Å². The molecule has 0 amide bonds. The lowest BCUT2D eigenvalue weighted by molar-refractivity contribution is 0.596. The second-order valence-electron chi connectivity index (χ2n) is 4.84. The fourth-order valence-corrected chi connectivity index (χ4v) is 3.94. The number of nitrogens with zero attached hydrogens (tertiary/aromatic N) is 2. The molecule has 0 saturated carbocycles. The van der Waals surface area contributed by atoms with Crippen LogP contribution in [0.25, 0.3) is 0 Å². The van der Waals surface area contributed by atoms with E-state index in [-0.39, 0.29) is 18.9 Å². The van der Waals surface area contributed by atoms with Crippen molar-refractivity contribution in [3.63, 3.8) is 0 Å². The number of aromatic nitrogens is 2. The molecule has 4 nitrogen and oxygen atoms in total. The molecule has 2 aromatic heterocycles. The summed E-state index contributed by atoms with van der Waals surface area (Å²) in [7, 11) is -2.95. The highest BCUT2D eigenvalue weighted by Crippen LogP contribution is 2.15. The maximum atomic E-state index is 11.2. The van der Waals surface area contributed by atoms with E-state index < -0.39 is 9.84 Å². The standard InChI is InChI=1S/C8H10BrNO2S.C8H10BrNS.CH4/c1-2-13(11,12)6-7-3-8(9)5-10-4-7;1-2-11-6-7-3-8(9)5-10-4-7;/h3-5H,2,6H2,1H3;3-5H,2,6H2,1H3;1H4. The van der Waals surface area contributed by atoms with Gasteiger partial charge in [0.2, 0.25) is 0 Å². The van der Waals surface area contributed by atoms with Crippen LogP contribution in [0.2, 0.25) is 0 Å². The van der Waals surface area contributed by atoms with Crippen LogP contribution in [-0.2, 0) is 21.3 Å². The Bertz CT molecular complexity index is 741. The van der Waals surface area contributed by atoms with Crippen LogP contribution in [-0.4, -0.2) is 29.9 Å². The quantitative estimate of drug-likeness (QED) is 0.511. The lowest BCUT2D eigenvalue weighted by atomic mass is 10.3. The number of hydrogen-bond acceptors (Lipinski definition) is 5. The molecule has 0 aliphatic rings. The molecule has 0 bridgehead atoms. The molecule has 0 atom stereocenters. The van der Waals surface area contributed by atoms with Crippen LogP contribution in [0.4, 0.5) is 0 Å². The van der Waals surface area contributed by atoms with Crippen LogP contribution < -0.4 is 0 Å². The molecule has 0 N–H and O–H groups in total. The lowest BCUT2D eigenvalue weighted by Crippen LogP contribution is -2.06. The maximum absolute atomic E-state index is 11.2. The molecule has 0 aromatic carbocycles. The molecular weight excluding hydrogens is 488 g/mol. The Hall–Kier alpha value is -0.440. The van der Waals surface area contributed by atoms with E-state index >= 15 is 0 Å². The molecule has 0 unspecified atom stereocenters. The predicted octanol–water partition coefficient (Wildman–Crippen LogP) is 5.51.